The molecule has 2 aromatic rings. The third-order valence-corrected chi connectivity index (χ3v) is 4.13. The minimum atomic E-state index is -0.0760. The van der Waals surface area contributed by atoms with Crippen molar-refractivity contribution in [3.63, 3.8) is 0 Å². The van der Waals surface area contributed by atoms with Crippen molar-refractivity contribution in [1.29, 1.82) is 0 Å². The summed E-state index contributed by atoms with van der Waals surface area (Å²) >= 11 is 0. The van der Waals surface area contributed by atoms with E-state index in [-0.39, 0.29) is 11.7 Å². The molecule has 2 N–H and O–H groups in total. The Morgan fingerprint density at radius 2 is 1.80 bits per heavy atom. The van der Waals surface area contributed by atoms with E-state index in [1.165, 1.54) is 18.1 Å². The minimum Gasteiger partial charge on any atom is -0.384 e. The van der Waals surface area contributed by atoms with Gasteiger partial charge in [0, 0.05) is 29.9 Å². The van der Waals surface area contributed by atoms with Crippen LogP contribution in [-0.4, -0.2) is 18.2 Å². The second-order valence-electron chi connectivity index (χ2n) is 6.56. The molecule has 2 rings (SSSR count). The molecule has 0 fully saturated rings. The van der Waals surface area contributed by atoms with Gasteiger partial charge in [-0.25, -0.2) is 0 Å². The summed E-state index contributed by atoms with van der Waals surface area (Å²) < 4.78 is 0. The van der Waals surface area contributed by atoms with Crippen LogP contribution in [0.25, 0.3) is 0 Å². The summed E-state index contributed by atoms with van der Waals surface area (Å²) in [4.78, 5) is 23.6. The Bertz CT molecular complexity index is 766. The smallest absolute Gasteiger partial charge is 0.226 e. The molecule has 0 aliphatic heterocycles. The zero-order chi connectivity index (χ0) is 18.4. The largest absolute Gasteiger partial charge is 0.384 e. The van der Waals surface area contributed by atoms with Gasteiger partial charge in [0.05, 0.1) is 0 Å². The Kier molecular flexibility index (Phi) is 6.34. The molecule has 132 valence electrons. The number of carbonyl (C=O) groups is 2. The molecular formula is C21H26N2O2. The fraction of sp³-hybridized carbons (Fsp3) is 0.333. The second kappa shape index (κ2) is 8.47. The van der Waals surface area contributed by atoms with Gasteiger partial charge in [0.15, 0.2) is 5.78 Å². The summed E-state index contributed by atoms with van der Waals surface area (Å²) in [5.74, 6) is 0.331. The zero-order valence-electron chi connectivity index (χ0n) is 15.3. The monoisotopic (exact) mass is 338 g/mol. The first kappa shape index (κ1) is 18.7. The molecule has 0 heterocycles. The number of hydrogen-bond donors (Lipinski definition) is 2. The van der Waals surface area contributed by atoms with Crippen LogP contribution in [0.4, 0.5) is 11.4 Å². The predicted octanol–water partition coefficient (Wildman–Crippen LogP) is 4.76. The molecule has 0 unspecified atom stereocenters. The van der Waals surface area contributed by atoms with Crippen LogP contribution < -0.4 is 10.6 Å². The summed E-state index contributed by atoms with van der Waals surface area (Å²) in [6, 6.07) is 13.2. The Balaban J connectivity index is 1.93. The number of carbonyl (C=O) groups excluding carboxylic acids is 2. The average molecular weight is 338 g/mol. The van der Waals surface area contributed by atoms with Crippen LogP contribution in [0.2, 0.25) is 0 Å². The van der Waals surface area contributed by atoms with Gasteiger partial charge in [-0.2, -0.15) is 0 Å². The van der Waals surface area contributed by atoms with E-state index in [1.54, 1.807) is 24.3 Å². The van der Waals surface area contributed by atoms with Crippen LogP contribution in [0.15, 0.2) is 42.5 Å². The van der Waals surface area contributed by atoms with Crippen LogP contribution in [-0.2, 0) is 4.79 Å². The second-order valence-corrected chi connectivity index (χ2v) is 6.56. The molecule has 0 atom stereocenters. The standard InChI is InChI=1S/C21H26N2O2/c1-14(2)19-10-5-7-15(3)21(19)22-12-11-20(25)23-18-9-6-8-17(13-18)16(4)24/h5-10,13-14,22H,11-12H2,1-4H3,(H,23,25). The first-order valence-corrected chi connectivity index (χ1v) is 8.62. The van der Waals surface area contributed by atoms with Crippen molar-refractivity contribution in [3.8, 4) is 0 Å². The van der Waals surface area contributed by atoms with Crippen molar-refractivity contribution in [1.82, 2.24) is 0 Å². The Morgan fingerprint density at radius 3 is 2.48 bits per heavy atom. The van der Waals surface area contributed by atoms with Crippen molar-refractivity contribution in [2.45, 2.75) is 40.0 Å². The lowest BCUT2D eigenvalue weighted by Gasteiger charge is -2.17. The van der Waals surface area contributed by atoms with E-state index >= 15 is 0 Å². The number of aryl methyl sites for hydroxylation is 1. The fourth-order valence-electron chi connectivity index (χ4n) is 2.75. The van der Waals surface area contributed by atoms with Crippen molar-refractivity contribution in [3.05, 3.63) is 59.2 Å². The van der Waals surface area contributed by atoms with Gasteiger partial charge < -0.3 is 10.6 Å². The number of ketones is 1. The Labute approximate surface area is 149 Å². The van der Waals surface area contributed by atoms with E-state index in [9.17, 15) is 9.59 Å². The number of hydrogen-bond acceptors (Lipinski definition) is 3. The van der Waals surface area contributed by atoms with Gasteiger partial charge in [-0.1, -0.05) is 44.2 Å². The van der Waals surface area contributed by atoms with Crippen LogP contribution >= 0.6 is 0 Å². The lowest BCUT2D eigenvalue weighted by Crippen LogP contribution is -2.17. The molecular weight excluding hydrogens is 312 g/mol. The van der Waals surface area contributed by atoms with E-state index in [0.717, 1.165) is 5.69 Å². The highest BCUT2D eigenvalue weighted by Crippen LogP contribution is 2.27. The minimum absolute atomic E-state index is 0.0152. The van der Waals surface area contributed by atoms with Gasteiger partial charge in [-0.05, 0) is 43.0 Å². The molecule has 2 aromatic carbocycles. The number of amides is 1. The zero-order valence-corrected chi connectivity index (χ0v) is 15.3. The molecule has 0 saturated carbocycles. The maximum atomic E-state index is 12.2. The average Bonchev–Trinajstić information content (AvgIpc) is 2.56. The third-order valence-electron chi connectivity index (χ3n) is 4.13. The first-order chi connectivity index (χ1) is 11.9. The predicted molar refractivity (Wildman–Crippen MR) is 103 cm³/mol. The van der Waals surface area contributed by atoms with Crippen LogP contribution in [0, 0.1) is 6.92 Å². The molecule has 0 aliphatic carbocycles. The number of para-hydroxylation sites is 1. The molecule has 4 heteroatoms. The van der Waals surface area contributed by atoms with E-state index in [2.05, 4.69) is 49.6 Å². The van der Waals surface area contributed by atoms with Gasteiger partial charge in [0.1, 0.15) is 0 Å². The van der Waals surface area contributed by atoms with Gasteiger partial charge in [0.25, 0.3) is 0 Å². The maximum Gasteiger partial charge on any atom is 0.226 e. The van der Waals surface area contributed by atoms with E-state index in [4.69, 9.17) is 0 Å². The summed E-state index contributed by atoms with van der Waals surface area (Å²) in [7, 11) is 0. The van der Waals surface area contributed by atoms with Crippen LogP contribution in [0.5, 0.6) is 0 Å². The fourth-order valence-corrected chi connectivity index (χ4v) is 2.75. The van der Waals surface area contributed by atoms with Crippen molar-refractivity contribution < 1.29 is 9.59 Å². The number of benzene rings is 2. The first-order valence-electron chi connectivity index (χ1n) is 8.62. The van der Waals surface area contributed by atoms with Crippen LogP contribution in [0.3, 0.4) is 0 Å². The van der Waals surface area contributed by atoms with E-state index in [1.807, 2.05) is 0 Å². The molecule has 0 saturated heterocycles. The highest BCUT2D eigenvalue weighted by Gasteiger charge is 2.10. The van der Waals surface area contributed by atoms with Gasteiger partial charge in [-0.3, -0.25) is 9.59 Å². The summed E-state index contributed by atoms with van der Waals surface area (Å²) in [5, 5.41) is 6.24. The third kappa shape index (κ3) is 5.18. The highest BCUT2D eigenvalue weighted by molar-refractivity contribution is 5.97. The quantitative estimate of drug-likeness (QED) is 0.716. The van der Waals surface area contributed by atoms with Gasteiger partial charge in [-0.15, -0.1) is 0 Å². The molecule has 0 spiro atoms. The van der Waals surface area contributed by atoms with Crippen LogP contribution in [0.1, 0.15) is 54.6 Å². The Morgan fingerprint density at radius 1 is 1.08 bits per heavy atom. The van der Waals surface area contributed by atoms with Gasteiger partial charge in [0.2, 0.25) is 5.91 Å². The van der Waals surface area contributed by atoms with E-state index in [0.29, 0.717) is 30.1 Å². The number of rotatable bonds is 7. The molecule has 4 nitrogen and oxygen atoms in total. The van der Waals surface area contributed by atoms with Crippen molar-refractivity contribution >= 4 is 23.1 Å². The van der Waals surface area contributed by atoms with Gasteiger partial charge >= 0.3 is 0 Å². The SMILES string of the molecule is CC(=O)c1cccc(NC(=O)CCNc2c(C)cccc2C(C)C)c1. The molecule has 25 heavy (non-hydrogen) atoms. The molecule has 0 bridgehead atoms. The molecule has 0 radical (unpaired) electrons. The van der Waals surface area contributed by atoms with Crippen molar-refractivity contribution in [2.24, 2.45) is 0 Å². The molecule has 0 aliphatic rings. The Hall–Kier alpha value is -2.62. The summed E-state index contributed by atoms with van der Waals surface area (Å²) in [6.07, 6.45) is 0.357. The summed E-state index contributed by atoms with van der Waals surface area (Å²) in [5.41, 5.74) is 4.80. The number of Topliss-reactive ketones (excluding diaryl/α,β-unsaturated/α-hetero) is 1. The molecule has 0 aromatic heterocycles. The molecule has 1 amide bonds. The summed E-state index contributed by atoms with van der Waals surface area (Å²) in [6.45, 7) is 8.47. The maximum absolute atomic E-state index is 12.2. The lowest BCUT2D eigenvalue weighted by molar-refractivity contribution is -0.115. The van der Waals surface area contributed by atoms with E-state index < -0.39 is 0 Å². The highest BCUT2D eigenvalue weighted by atomic mass is 16.1. The lowest BCUT2D eigenvalue weighted by atomic mass is 9.98. The number of anilines is 2. The normalized spacial score (nSPS) is 10.6. The van der Waals surface area contributed by atoms with Crippen molar-refractivity contribution in [2.75, 3.05) is 17.2 Å². The topological polar surface area (TPSA) is 58.2 Å². The number of nitrogens with one attached hydrogen (secondary N) is 2.